The molecular formula is C11H22N2O2. The third-order valence-corrected chi connectivity index (χ3v) is 2.93. The third-order valence-electron chi connectivity index (χ3n) is 2.93. The number of carbonyl (C=O) groups is 1. The van der Waals surface area contributed by atoms with Crippen molar-refractivity contribution in [1.82, 2.24) is 5.32 Å². The Morgan fingerprint density at radius 3 is 2.93 bits per heavy atom. The first-order valence-corrected chi connectivity index (χ1v) is 5.87. The maximum Gasteiger partial charge on any atom is 0.224 e. The molecule has 0 aromatic heterocycles. The summed E-state index contributed by atoms with van der Waals surface area (Å²) in [6.45, 7) is 3.87. The van der Waals surface area contributed by atoms with Gasteiger partial charge in [-0.3, -0.25) is 4.79 Å². The van der Waals surface area contributed by atoms with E-state index in [1.807, 2.05) is 6.92 Å². The summed E-state index contributed by atoms with van der Waals surface area (Å²) in [4.78, 5) is 11.6. The Morgan fingerprint density at radius 2 is 2.40 bits per heavy atom. The Balaban J connectivity index is 2.20. The average Bonchev–Trinajstić information content (AvgIpc) is 2.29. The fourth-order valence-corrected chi connectivity index (χ4v) is 1.79. The Kier molecular flexibility index (Phi) is 5.65. The van der Waals surface area contributed by atoms with Gasteiger partial charge in [-0.1, -0.05) is 6.92 Å². The van der Waals surface area contributed by atoms with Gasteiger partial charge in [-0.05, 0) is 25.7 Å². The summed E-state index contributed by atoms with van der Waals surface area (Å²) in [6.07, 6.45) is 4.41. The highest BCUT2D eigenvalue weighted by molar-refractivity contribution is 5.78. The number of amides is 1. The zero-order chi connectivity index (χ0) is 11.1. The molecule has 0 aromatic rings. The Labute approximate surface area is 91.5 Å². The van der Waals surface area contributed by atoms with Gasteiger partial charge < -0.3 is 15.8 Å². The Morgan fingerprint density at radius 1 is 1.60 bits per heavy atom. The van der Waals surface area contributed by atoms with Crippen LogP contribution in [0.25, 0.3) is 0 Å². The monoisotopic (exact) mass is 214 g/mol. The normalized spacial score (nSPS) is 23.5. The van der Waals surface area contributed by atoms with E-state index in [0.29, 0.717) is 13.1 Å². The summed E-state index contributed by atoms with van der Waals surface area (Å²) in [6, 6.07) is 0. The summed E-state index contributed by atoms with van der Waals surface area (Å²) < 4.78 is 5.53. The minimum absolute atomic E-state index is 0.0476. The van der Waals surface area contributed by atoms with Crippen molar-refractivity contribution in [2.45, 2.75) is 38.7 Å². The molecule has 0 spiro atoms. The van der Waals surface area contributed by atoms with E-state index in [1.165, 1.54) is 6.42 Å². The van der Waals surface area contributed by atoms with Crippen LogP contribution in [0.15, 0.2) is 0 Å². The van der Waals surface area contributed by atoms with Crippen LogP contribution in [-0.2, 0) is 9.53 Å². The Bertz CT molecular complexity index is 187. The zero-order valence-electron chi connectivity index (χ0n) is 9.50. The molecule has 88 valence electrons. The molecule has 1 saturated heterocycles. The highest BCUT2D eigenvalue weighted by Crippen LogP contribution is 2.11. The number of carbonyl (C=O) groups excluding carboxylic acids is 1. The molecule has 1 amide bonds. The van der Waals surface area contributed by atoms with E-state index in [1.54, 1.807) is 0 Å². The summed E-state index contributed by atoms with van der Waals surface area (Å²) >= 11 is 0. The quantitative estimate of drug-likeness (QED) is 0.706. The standard InChI is InChI=1S/C11H22N2O2/c1-2-9(7-12)11(14)13-8-10-5-3-4-6-15-10/h9-10H,2-8,12H2,1H3,(H,13,14). The summed E-state index contributed by atoms with van der Waals surface area (Å²) in [5, 5.41) is 2.91. The molecule has 0 radical (unpaired) electrons. The molecule has 1 fully saturated rings. The predicted molar refractivity (Wildman–Crippen MR) is 59.4 cm³/mol. The van der Waals surface area contributed by atoms with Crippen LogP contribution in [0.4, 0.5) is 0 Å². The van der Waals surface area contributed by atoms with Gasteiger partial charge in [0.25, 0.3) is 0 Å². The second-order valence-electron chi connectivity index (χ2n) is 4.07. The molecule has 2 atom stereocenters. The van der Waals surface area contributed by atoms with E-state index in [9.17, 15) is 4.79 Å². The highest BCUT2D eigenvalue weighted by atomic mass is 16.5. The molecule has 4 nitrogen and oxygen atoms in total. The topological polar surface area (TPSA) is 64.4 Å². The minimum Gasteiger partial charge on any atom is -0.376 e. The molecule has 15 heavy (non-hydrogen) atoms. The summed E-state index contributed by atoms with van der Waals surface area (Å²) in [7, 11) is 0. The van der Waals surface area contributed by atoms with Crippen LogP contribution in [0.3, 0.4) is 0 Å². The second-order valence-corrected chi connectivity index (χ2v) is 4.07. The van der Waals surface area contributed by atoms with Crippen molar-refractivity contribution < 1.29 is 9.53 Å². The lowest BCUT2D eigenvalue weighted by atomic mass is 10.1. The van der Waals surface area contributed by atoms with Gasteiger partial charge in [0.15, 0.2) is 0 Å². The highest BCUT2D eigenvalue weighted by Gasteiger charge is 2.18. The maximum atomic E-state index is 11.6. The molecule has 3 N–H and O–H groups in total. The van der Waals surface area contributed by atoms with E-state index in [-0.39, 0.29) is 17.9 Å². The van der Waals surface area contributed by atoms with Crippen molar-refractivity contribution in [1.29, 1.82) is 0 Å². The number of rotatable bonds is 5. The summed E-state index contributed by atoms with van der Waals surface area (Å²) in [5.41, 5.74) is 5.50. The molecule has 0 aliphatic carbocycles. The lowest BCUT2D eigenvalue weighted by molar-refractivity contribution is -0.125. The molecule has 4 heteroatoms. The van der Waals surface area contributed by atoms with Crippen molar-refractivity contribution in [3.8, 4) is 0 Å². The number of nitrogens with one attached hydrogen (secondary N) is 1. The van der Waals surface area contributed by atoms with Gasteiger partial charge in [0.05, 0.1) is 6.10 Å². The Hall–Kier alpha value is -0.610. The van der Waals surface area contributed by atoms with Crippen molar-refractivity contribution in [3.63, 3.8) is 0 Å². The van der Waals surface area contributed by atoms with Crippen LogP contribution >= 0.6 is 0 Å². The first-order valence-electron chi connectivity index (χ1n) is 5.87. The number of hydrogen-bond donors (Lipinski definition) is 2. The smallest absolute Gasteiger partial charge is 0.224 e. The molecule has 0 aromatic carbocycles. The van der Waals surface area contributed by atoms with E-state index in [4.69, 9.17) is 10.5 Å². The SMILES string of the molecule is CCC(CN)C(=O)NCC1CCCCO1. The van der Waals surface area contributed by atoms with Crippen molar-refractivity contribution >= 4 is 5.91 Å². The third kappa shape index (κ3) is 4.18. The molecule has 1 aliphatic heterocycles. The first-order chi connectivity index (χ1) is 7.27. The molecule has 0 bridgehead atoms. The van der Waals surface area contributed by atoms with Gasteiger partial charge in [-0.15, -0.1) is 0 Å². The van der Waals surface area contributed by atoms with Crippen LogP contribution in [0.5, 0.6) is 0 Å². The van der Waals surface area contributed by atoms with E-state index in [2.05, 4.69) is 5.32 Å². The number of hydrogen-bond acceptors (Lipinski definition) is 3. The van der Waals surface area contributed by atoms with Gasteiger partial charge in [-0.2, -0.15) is 0 Å². The molecule has 1 heterocycles. The molecule has 2 unspecified atom stereocenters. The molecular weight excluding hydrogens is 192 g/mol. The average molecular weight is 214 g/mol. The predicted octanol–water partition coefficient (Wildman–Crippen LogP) is 0.657. The minimum atomic E-state index is -0.0476. The lowest BCUT2D eigenvalue weighted by Gasteiger charge is -2.23. The zero-order valence-corrected chi connectivity index (χ0v) is 9.50. The maximum absolute atomic E-state index is 11.6. The molecule has 1 rings (SSSR count). The lowest BCUT2D eigenvalue weighted by Crippen LogP contribution is -2.40. The van der Waals surface area contributed by atoms with Gasteiger partial charge in [0.2, 0.25) is 5.91 Å². The van der Waals surface area contributed by atoms with Crippen molar-refractivity contribution in [2.24, 2.45) is 11.7 Å². The fourth-order valence-electron chi connectivity index (χ4n) is 1.79. The largest absolute Gasteiger partial charge is 0.376 e. The summed E-state index contributed by atoms with van der Waals surface area (Å²) in [5.74, 6) is 0.0164. The number of ether oxygens (including phenoxy) is 1. The van der Waals surface area contributed by atoms with Crippen LogP contribution in [0.2, 0.25) is 0 Å². The van der Waals surface area contributed by atoms with E-state index >= 15 is 0 Å². The fraction of sp³-hybridized carbons (Fsp3) is 0.909. The van der Waals surface area contributed by atoms with E-state index < -0.39 is 0 Å². The van der Waals surface area contributed by atoms with Crippen molar-refractivity contribution in [2.75, 3.05) is 19.7 Å². The van der Waals surface area contributed by atoms with Crippen LogP contribution in [0, 0.1) is 5.92 Å². The van der Waals surface area contributed by atoms with Gasteiger partial charge in [0.1, 0.15) is 0 Å². The van der Waals surface area contributed by atoms with Crippen molar-refractivity contribution in [3.05, 3.63) is 0 Å². The van der Waals surface area contributed by atoms with E-state index in [0.717, 1.165) is 25.9 Å². The second kappa shape index (κ2) is 6.80. The molecule has 0 saturated carbocycles. The van der Waals surface area contributed by atoms with Gasteiger partial charge in [0, 0.05) is 25.6 Å². The molecule has 1 aliphatic rings. The van der Waals surface area contributed by atoms with Gasteiger partial charge in [-0.25, -0.2) is 0 Å². The van der Waals surface area contributed by atoms with Crippen LogP contribution in [-0.4, -0.2) is 31.7 Å². The van der Waals surface area contributed by atoms with Crippen LogP contribution in [0.1, 0.15) is 32.6 Å². The number of nitrogens with two attached hydrogens (primary N) is 1. The van der Waals surface area contributed by atoms with Crippen LogP contribution < -0.4 is 11.1 Å². The first kappa shape index (κ1) is 12.5. The van der Waals surface area contributed by atoms with Gasteiger partial charge >= 0.3 is 0 Å².